The number of aryl methyl sites for hydroxylation is 1. The molecule has 1 aromatic heterocycles. The average molecular weight is 280 g/mol. The lowest BCUT2D eigenvalue weighted by Crippen LogP contribution is -2.13. The summed E-state index contributed by atoms with van der Waals surface area (Å²) in [6.07, 6.45) is 0. The Bertz CT molecular complexity index is 646. The second kappa shape index (κ2) is 5.24. The van der Waals surface area contributed by atoms with Crippen LogP contribution in [0.3, 0.4) is 0 Å². The van der Waals surface area contributed by atoms with E-state index in [1.54, 1.807) is 19.1 Å². The minimum absolute atomic E-state index is 0.000824. The molecule has 0 atom stereocenters. The number of pyridine rings is 1. The van der Waals surface area contributed by atoms with Crippen molar-refractivity contribution < 1.29 is 9.18 Å². The molecule has 2 aromatic rings. The van der Waals surface area contributed by atoms with Gasteiger partial charge < -0.3 is 11.1 Å². The van der Waals surface area contributed by atoms with Gasteiger partial charge in [0.15, 0.2) is 0 Å². The van der Waals surface area contributed by atoms with Crippen molar-refractivity contribution in [3.05, 3.63) is 52.6 Å². The Morgan fingerprint density at radius 3 is 2.74 bits per heavy atom. The normalized spacial score (nSPS) is 10.3. The average Bonchev–Trinajstić information content (AvgIpc) is 2.36. The standard InChI is InChI=1S/C13H11ClFN3O/c1-7-11(4-5-12(14)17-7)18-13(19)8-2-3-10(16)9(15)6-8/h2-6H,16H2,1H3,(H,18,19). The molecule has 0 saturated heterocycles. The molecule has 0 bridgehead atoms. The number of aromatic nitrogens is 1. The topological polar surface area (TPSA) is 68.0 Å². The highest BCUT2D eigenvalue weighted by Gasteiger charge is 2.10. The maximum atomic E-state index is 13.3. The van der Waals surface area contributed by atoms with Gasteiger partial charge in [0.25, 0.3) is 5.91 Å². The van der Waals surface area contributed by atoms with Gasteiger partial charge in [0, 0.05) is 5.56 Å². The number of nitrogens with two attached hydrogens (primary N) is 1. The van der Waals surface area contributed by atoms with Crippen molar-refractivity contribution >= 4 is 28.9 Å². The molecule has 19 heavy (non-hydrogen) atoms. The zero-order valence-corrected chi connectivity index (χ0v) is 10.8. The minimum Gasteiger partial charge on any atom is -0.396 e. The number of benzene rings is 1. The van der Waals surface area contributed by atoms with Crippen molar-refractivity contribution in [3.8, 4) is 0 Å². The molecule has 0 unspecified atom stereocenters. The molecule has 0 spiro atoms. The van der Waals surface area contributed by atoms with Crippen LogP contribution in [0.5, 0.6) is 0 Å². The zero-order valence-electron chi connectivity index (χ0n) is 10.1. The van der Waals surface area contributed by atoms with Crippen molar-refractivity contribution in [2.24, 2.45) is 0 Å². The number of nitrogens with one attached hydrogen (secondary N) is 1. The third-order valence-corrected chi connectivity index (χ3v) is 2.77. The van der Waals surface area contributed by atoms with E-state index in [9.17, 15) is 9.18 Å². The summed E-state index contributed by atoms with van der Waals surface area (Å²) in [5.41, 5.74) is 6.63. The van der Waals surface area contributed by atoms with Crippen LogP contribution in [0.1, 0.15) is 16.1 Å². The molecule has 1 heterocycles. The highest BCUT2D eigenvalue weighted by Crippen LogP contribution is 2.18. The lowest BCUT2D eigenvalue weighted by molar-refractivity contribution is 0.102. The first-order chi connectivity index (χ1) is 8.97. The van der Waals surface area contributed by atoms with Gasteiger partial charge in [-0.3, -0.25) is 4.79 Å². The molecule has 0 aliphatic carbocycles. The third-order valence-electron chi connectivity index (χ3n) is 2.56. The highest BCUT2D eigenvalue weighted by molar-refractivity contribution is 6.29. The van der Waals surface area contributed by atoms with Gasteiger partial charge in [-0.2, -0.15) is 0 Å². The zero-order chi connectivity index (χ0) is 14.0. The molecule has 6 heteroatoms. The summed E-state index contributed by atoms with van der Waals surface area (Å²) in [6.45, 7) is 1.71. The summed E-state index contributed by atoms with van der Waals surface area (Å²) in [4.78, 5) is 15.9. The summed E-state index contributed by atoms with van der Waals surface area (Å²) in [6, 6.07) is 7.08. The minimum atomic E-state index is -0.626. The number of nitrogen functional groups attached to an aromatic ring is 1. The van der Waals surface area contributed by atoms with E-state index >= 15 is 0 Å². The van der Waals surface area contributed by atoms with E-state index in [1.807, 2.05) is 0 Å². The number of nitrogens with zero attached hydrogens (tertiary/aromatic N) is 1. The second-order valence-corrected chi connectivity index (χ2v) is 4.34. The Hall–Kier alpha value is -2.14. The molecule has 0 aliphatic rings. The number of amides is 1. The fourth-order valence-corrected chi connectivity index (χ4v) is 1.72. The quantitative estimate of drug-likeness (QED) is 0.656. The predicted octanol–water partition coefficient (Wildman–Crippen LogP) is 3.02. The van der Waals surface area contributed by atoms with E-state index in [0.29, 0.717) is 16.5 Å². The van der Waals surface area contributed by atoms with Crippen LogP contribution in [0.15, 0.2) is 30.3 Å². The van der Waals surface area contributed by atoms with Crippen LogP contribution in [-0.4, -0.2) is 10.9 Å². The number of hydrogen-bond donors (Lipinski definition) is 2. The van der Waals surface area contributed by atoms with Gasteiger partial charge in [0.2, 0.25) is 0 Å². The van der Waals surface area contributed by atoms with Crippen molar-refractivity contribution in [2.75, 3.05) is 11.1 Å². The number of halogens is 2. The first-order valence-corrected chi connectivity index (χ1v) is 5.84. The van der Waals surface area contributed by atoms with Crippen molar-refractivity contribution in [3.63, 3.8) is 0 Å². The maximum absolute atomic E-state index is 13.3. The Morgan fingerprint density at radius 2 is 2.11 bits per heavy atom. The number of rotatable bonds is 2. The largest absolute Gasteiger partial charge is 0.396 e. The van der Waals surface area contributed by atoms with Gasteiger partial charge >= 0.3 is 0 Å². The number of hydrogen-bond acceptors (Lipinski definition) is 3. The van der Waals surface area contributed by atoms with Gasteiger partial charge in [-0.15, -0.1) is 0 Å². The molecule has 0 fully saturated rings. The van der Waals surface area contributed by atoms with Gasteiger partial charge in [-0.05, 0) is 37.3 Å². The molecule has 0 saturated carbocycles. The first kappa shape index (κ1) is 13.3. The summed E-state index contributed by atoms with van der Waals surface area (Å²) in [5, 5.41) is 2.97. The van der Waals surface area contributed by atoms with Crippen LogP contribution in [-0.2, 0) is 0 Å². The molecular weight excluding hydrogens is 269 g/mol. The fraction of sp³-hybridized carbons (Fsp3) is 0.0769. The van der Waals surface area contributed by atoms with Crippen LogP contribution < -0.4 is 11.1 Å². The number of carbonyl (C=O) groups excluding carboxylic acids is 1. The monoisotopic (exact) mass is 279 g/mol. The lowest BCUT2D eigenvalue weighted by atomic mass is 10.2. The molecule has 2 rings (SSSR count). The van der Waals surface area contributed by atoms with Crippen molar-refractivity contribution in [1.82, 2.24) is 4.98 Å². The molecule has 1 amide bonds. The predicted molar refractivity (Wildman–Crippen MR) is 72.7 cm³/mol. The van der Waals surface area contributed by atoms with Crippen LogP contribution in [0.4, 0.5) is 15.8 Å². The molecule has 98 valence electrons. The summed E-state index contributed by atoms with van der Waals surface area (Å²) in [7, 11) is 0. The van der Waals surface area contributed by atoms with E-state index in [-0.39, 0.29) is 11.3 Å². The molecule has 1 aromatic carbocycles. The Balaban J connectivity index is 2.23. The number of anilines is 2. The van der Waals surface area contributed by atoms with Crippen molar-refractivity contribution in [2.45, 2.75) is 6.92 Å². The van der Waals surface area contributed by atoms with Gasteiger partial charge in [0.05, 0.1) is 17.1 Å². The van der Waals surface area contributed by atoms with Crippen LogP contribution in [0, 0.1) is 12.7 Å². The smallest absolute Gasteiger partial charge is 0.255 e. The summed E-state index contributed by atoms with van der Waals surface area (Å²) in [5.74, 6) is -1.07. The van der Waals surface area contributed by atoms with Crippen LogP contribution in [0.2, 0.25) is 5.15 Å². The maximum Gasteiger partial charge on any atom is 0.255 e. The molecular formula is C13H11ClFN3O. The highest BCUT2D eigenvalue weighted by atomic mass is 35.5. The summed E-state index contributed by atoms with van der Waals surface area (Å²) < 4.78 is 13.3. The van der Waals surface area contributed by atoms with Gasteiger partial charge in [-0.1, -0.05) is 11.6 Å². The van der Waals surface area contributed by atoms with E-state index in [1.165, 1.54) is 12.1 Å². The third kappa shape index (κ3) is 3.00. The van der Waals surface area contributed by atoms with Gasteiger partial charge in [-0.25, -0.2) is 9.37 Å². The number of carbonyl (C=O) groups is 1. The van der Waals surface area contributed by atoms with Crippen LogP contribution in [0.25, 0.3) is 0 Å². The Kier molecular flexibility index (Phi) is 3.66. The Labute approximate surface area is 114 Å². The second-order valence-electron chi connectivity index (χ2n) is 3.96. The van der Waals surface area contributed by atoms with E-state index in [4.69, 9.17) is 17.3 Å². The van der Waals surface area contributed by atoms with Crippen molar-refractivity contribution in [1.29, 1.82) is 0 Å². The van der Waals surface area contributed by atoms with E-state index in [0.717, 1.165) is 6.07 Å². The molecule has 4 nitrogen and oxygen atoms in total. The van der Waals surface area contributed by atoms with Gasteiger partial charge in [0.1, 0.15) is 11.0 Å². The van der Waals surface area contributed by atoms with E-state index < -0.39 is 11.7 Å². The summed E-state index contributed by atoms with van der Waals surface area (Å²) >= 11 is 5.72. The SMILES string of the molecule is Cc1nc(Cl)ccc1NC(=O)c1ccc(N)c(F)c1. The lowest BCUT2D eigenvalue weighted by Gasteiger charge is -2.08. The Morgan fingerprint density at radius 1 is 1.37 bits per heavy atom. The van der Waals surface area contributed by atoms with Crippen LogP contribution >= 0.6 is 11.6 Å². The molecule has 3 N–H and O–H groups in total. The fourth-order valence-electron chi connectivity index (χ4n) is 1.53. The molecule has 0 aliphatic heterocycles. The first-order valence-electron chi connectivity index (χ1n) is 5.47. The molecule has 0 radical (unpaired) electrons. The van der Waals surface area contributed by atoms with E-state index in [2.05, 4.69) is 10.3 Å².